The lowest BCUT2D eigenvalue weighted by molar-refractivity contribution is 0.767. The van der Waals surface area contributed by atoms with Crippen LogP contribution in [0.3, 0.4) is 0 Å². The number of aryl methyl sites for hydroxylation is 3. The summed E-state index contributed by atoms with van der Waals surface area (Å²) in [5.41, 5.74) is 6.31. The van der Waals surface area contributed by atoms with Gasteiger partial charge in [0.25, 0.3) is 0 Å². The molecule has 0 saturated heterocycles. The Morgan fingerprint density at radius 3 is 2.67 bits per heavy atom. The Labute approximate surface area is 142 Å². The number of rotatable bonds is 5. The summed E-state index contributed by atoms with van der Waals surface area (Å²) in [7, 11) is 1.93. The molecule has 0 aliphatic heterocycles. The summed E-state index contributed by atoms with van der Waals surface area (Å²) in [6.07, 6.45) is 7.84. The van der Waals surface area contributed by atoms with Crippen molar-refractivity contribution in [3.05, 3.63) is 59.7 Å². The number of hydrogen-bond acceptors (Lipinski definition) is 3. The van der Waals surface area contributed by atoms with E-state index in [1.54, 1.807) is 0 Å². The number of aliphatic imine (C=N–C) groups is 1. The summed E-state index contributed by atoms with van der Waals surface area (Å²) in [6.45, 7) is 6.25. The zero-order valence-corrected chi connectivity index (χ0v) is 14.7. The second-order valence-electron chi connectivity index (χ2n) is 6.08. The Kier molecular flexibility index (Phi) is 4.60. The molecule has 0 aliphatic rings. The molecule has 5 heteroatoms. The van der Waals surface area contributed by atoms with E-state index in [2.05, 4.69) is 42.2 Å². The Bertz CT molecular complexity index is 870. The predicted molar refractivity (Wildman–Crippen MR) is 97.4 cm³/mol. The fourth-order valence-corrected chi connectivity index (χ4v) is 2.64. The lowest BCUT2D eigenvalue weighted by Gasteiger charge is -2.08. The largest absolute Gasteiger partial charge is 0.275 e. The lowest BCUT2D eigenvalue weighted by Crippen LogP contribution is -2.00. The molecule has 0 radical (unpaired) electrons. The first-order valence-electron chi connectivity index (χ1n) is 8.26. The standard InChI is InChI=1S/C19H23N5/c1-5-6-18(16-12-20-23(4)13-16)21-19-11-17(8-7-14(19)2)24-10-9-15(3)22-24/h7-13H,5-6H2,1-4H3/b21-18+. The van der Waals surface area contributed by atoms with Gasteiger partial charge in [0, 0.05) is 25.0 Å². The average Bonchev–Trinajstić information content (AvgIpc) is 3.17. The van der Waals surface area contributed by atoms with Crippen molar-refractivity contribution in [1.82, 2.24) is 19.6 Å². The van der Waals surface area contributed by atoms with Crippen LogP contribution in [0.2, 0.25) is 0 Å². The third-order valence-corrected chi connectivity index (χ3v) is 3.96. The monoisotopic (exact) mass is 321 g/mol. The Hall–Kier alpha value is -2.69. The number of hydrogen-bond donors (Lipinski definition) is 0. The van der Waals surface area contributed by atoms with Crippen molar-refractivity contribution < 1.29 is 0 Å². The van der Waals surface area contributed by atoms with E-state index in [0.717, 1.165) is 46.7 Å². The molecule has 0 N–H and O–H groups in total. The third-order valence-electron chi connectivity index (χ3n) is 3.96. The molecule has 2 aromatic heterocycles. The van der Waals surface area contributed by atoms with Gasteiger partial charge in [-0.15, -0.1) is 0 Å². The van der Waals surface area contributed by atoms with Crippen molar-refractivity contribution in [3.63, 3.8) is 0 Å². The van der Waals surface area contributed by atoms with Gasteiger partial charge in [-0.25, -0.2) is 4.68 Å². The van der Waals surface area contributed by atoms with Gasteiger partial charge in [-0.3, -0.25) is 9.67 Å². The highest BCUT2D eigenvalue weighted by Gasteiger charge is 2.08. The summed E-state index contributed by atoms with van der Waals surface area (Å²) < 4.78 is 3.70. The van der Waals surface area contributed by atoms with Gasteiger partial charge >= 0.3 is 0 Å². The van der Waals surface area contributed by atoms with Gasteiger partial charge in [0.1, 0.15) is 0 Å². The fraction of sp³-hybridized carbons (Fsp3) is 0.316. The molecule has 0 aliphatic carbocycles. The van der Waals surface area contributed by atoms with Crippen LogP contribution in [0.4, 0.5) is 5.69 Å². The first-order valence-corrected chi connectivity index (χ1v) is 8.26. The van der Waals surface area contributed by atoms with Gasteiger partial charge in [-0.05, 0) is 44.0 Å². The smallest absolute Gasteiger partial charge is 0.0683 e. The molecule has 0 bridgehead atoms. The molecule has 3 rings (SSSR count). The summed E-state index contributed by atoms with van der Waals surface area (Å²) in [5, 5.41) is 8.76. The average molecular weight is 321 g/mol. The van der Waals surface area contributed by atoms with E-state index < -0.39 is 0 Å². The normalized spacial score (nSPS) is 11.9. The first kappa shape index (κ1) is 16.2. The zero-order valence-electron chi connectivity index (χ0n) is 14.7. The minimum absolute atomic E-state index is 0.927. The highest BCUT2D eigenvalue weighted by molar-refractivity contribution is 6.01. The zero-order chi connectivity index (χ0) is 17.1. The van der Waals surface area contributed by atoms with E-state index in [9.17, 15) is 0 Å². The van der Waals surface area contributed by atoms with Crippen LogP contribution in [0.25, 0.3) is 5.69 Å². The van der Waals surface area contributed by atoms with Gasteiger partial charge < -0.3 is 0 Å². The van der Waals surface area contributed by atoms with E-state index in [-0.39, 0.29) is 0 Å². The molecule has 1 aromatic carbocycles. The van der Waals surface area contributed by atoms with Gasteiger partial charge in [-0.2, -0.15) is 10.2 Å². The predicted octanol–water partition coefficient (Wildman–Crippen LogP) is 4.14. The molecule has 124 valence electrons. The van der Waals surface area contributed by atoms with Crippen LogP contribution in [-0.4, -0.2) is 25.3 Å². The van der Waals surface area contributed by atoms with Crippen LogP contribution in [0, 0.1) is 13.8 Å². The van der Waals surface area contributed by atoms with Gasteiger partial charge in [0.05, 0.1) is 29.0 Å². The fourth-order valence-electron chi connectivity index (χ4n) is 2.64. The Morgan fingerprint density at radius 1 is 1.21 bits per heavy atom. The van der Waals surface area contributed by atoms with Crippen molar-refractivity contribution >= 4 is 11.4 Å². The molecule has 0 fully saturated rings. The molecular formula is C19H23N5. The molecule has 3 aromatic rings. The van der Waals surface area contributed by atoms with E-state index in [1.807, 2.05) is 48.0 Å². The van der Waals surface area contributed by atoms with E-state index in [4.69, 9.17) is 4.99 Å². The Balaban J connectivity index is 2.03. The van der Waals surface area contributed by atoms with Gasteiger partial charge in [-0.1, -0.05) is 19.4 Å². The second-order valence-corrected chi connectivity index (χ2v) is 6.08. The van der Waals surface area contributed by atoms with Crippen molar-refractivity contribution in [2.75, 3.05) is 0 Å². The summed E-state index contributed by atoms with van der Waals surface area (Å²) in [4.78, 5) is 4.95. The van der Waals surface area contributed by atoms with Crippen LogP contribution in [0.1, 0.15) is 36.6 Å². The molecule has 0 spiro atoms. The first-order chi connectivity index (χ1) is 11.6. The van der Waals surface area contributed by atoms with Crippen LogP contribution in [0.5, 0.6) is 0 Å². The number of aromatic nitrogens is 4. The molecule has 0 atom stereocenters. The maximum Gasteiger partial charge on any atom is 0.0683 e. The van der Waals surface area contributed by atoms with E-state index in [1.165, 1.54) is 0 Å². The van der Waals surface area contributed by atoms with Crippen LogP contribution >= 0.6 is 0 Å². The van der Waals surface area contributed by atoms with Crippen LogP contribution in [-0.2, 0) is 7.05 Å². The quantitative estimate of drug-likeness (QED) is 0.663. The SMILES string of the molecule is CCC/C(=N\c1cc(-n2ccc(C)n2)ccc1C)c1cnn(C)c1. The number of nitrogens with zero attached hydrogens (tertiary/aromatic N) is 5. The molecule has 24 heavy (non-hydrogen) atoms. The maximum atomic E-state index is 4.95. The molecule has 0 amide bonds. The van der Waals surface area contributed by atoms with Gasteiger partial charge in [0.2, 0.25) is 0 Å². The van der Waals surface area contributed by atoms with E-state index >= 15 is 0 Å². The second kappa shape index (κ2) is 6.83. The summed E-state index contributed by atoms with van der Waals surface area (Å²) in [5.74, 6) is 0. The summed E-state index contributed by atoms with van der Waals surface area (Å²) in [6, 6.07) is 8.26. The lowest BCUT2D eigenvalue weighted by atomic mass is 10.1. The highest BCUT2D eigenvalue weighted by atomic mass is 15.3. The van der Waals surface area contributed by atoms with Crippen LogP contribution in [0.15, 0.2) is 47.8 Å². The highest BCUT2D eigenvalue weighted by Crippen LogP contribution is 2.24. The van der Waals surface area contributed by atoms with Crippen molar-refractivity contribution in [1.29, 1.82) is 0 Å². The third kappa shape index (κ3) is 3.45. The van der Waals surface area contributed by atoms with Crippen molar-refractivity contribution in [3.8, 4) is 5.69 Å². The summed E-state index contributed by atoms with van der Waals surface area (Å²) >= 11 is 0. The maximum absolute atomic E-state index is 4.95. The van der Waals surface area contributed by atoms with E-state index in [0.29, 0.717) is 0 Å². The minimum atomic E-state index is 0.927. The van der Waals surface area contributed by atoms with Crippen molar-refractivity contribution in [2.45, 2.75) is 33.6 Å². The van der Waals surface area contributed by atoms with Crippen LogP contribution < -0.4 is 0 Å². The molecule has 2 heterocycles. The molecule has 5 nitrogen and oxygen atoms in total. The minimum Gasteiger partial charge on any atom is -0.275 e. The Morgan fingerprint density at radius 2 is 2.04 bits per heavy atom. The molecular weight excluding hydrogens is 298 g/mol. The van der Waals surface area contributed by atoms with Crippen molar-refractivity contribution in [2.24, 2.45) is 12.0 Å². The molecule has 0 unspecified atom stereocenters. The number of benzene rings is 1. The van der Waals surface area contributed by atoms with Gasteiger partial charge in [0.15, 0.2) is 0 Å². The molecule has 0 saturated carbocycles. The topological polar surface area (TPSA) is 48.0 Å².